The zero-order chi connectivity index (χ0) is 20.5. The van der Waals surface area contributed by atoms with Crippen molar-refractivity contribution in [1.82, 2.24) is 5.32 Å². The van der Waals surface area contributed by atoms with Gasteiger partial charge in [0, 0.05) is 24.8 Å². The van der Waals surface area contributed by atoms with Gasteiger partial charge in [-0.1, -0.05) is 54.6 Å². The number of para-hydroxylation sites is 1. The van der Waals surface area contributed by atoms with E-state index in [0.717, 1.165) is 16.9 Å². The van der Waals surface area contributed by atoms with Crippen LogP contribution in [-0.4, -0.2) is 10.8 Å². The molecule has 0 bridgehead atoms. The summed E-state index contributed by atoms with van der Waals surface area (Å²) in [6, 6.07) is 23.4. The normalized spacial score (nSPS) is 10.6. The van der Waals surface area contributed by atoms with E-state index in [4.69, 9.17) is 4.74 Å². The maximum atomic E-state index is 12.1. The van der Waals surface area contributed by atoms with Gasteiger partial charge in [-0.3, -0.25) is 14.9 Å². The predicted octanol–water partition coefficient (Wildman–Crippen LogP) is 4.50. The molecule has 3 aromatic carbocycles. The summed E-state index contributed by atoms with van der Waals surface area (Å²) in [4.78, 5) is 22.5. The molecule has 29 heavy (non-hydrogen) atoms. The number of nitrogens with zero attached hydrogens (tertiary/aromatic N) is 1. The Morgan fingerprint density at radius 1 is 0.966 bits per heavy atom. The quantitative estimate of drug-likeness (QED) is 0.350. The zero-order valence-electron chi connectivity index (χ0n) is 15.7. The average molecular weight is 388 g/mol. The molecule has 0 aliphatic rings. The highest BCUT2D eigenvalue weighted by Gasteiger charge is 2.06. The van der Waals surface area contributed by atoms with Crippen LogP contribution in [0.2, 0.25) is 0 Å². The van der Waals surface area contributed by atoms with Crippen LogP contribution in [0.25, 0.3) is 6.08 Å². The van der Waals surface area contributed by atoms with Gasteiger partial charge in [0.25, 0.3) is 5.69 Å². The number of carbonyl (C=O) groups excluding carboxylic acids is 1. The second-order valence-corrected chi connectivity index (χ2v) is 6.27. The lowest BCUT2D eigenvalue weighted by atomic mass is 10.1. The summed E-state index contributed by atoms with van der Waals surface area (Å²) in [6.45, 7) is 0.756. The first-order chi connectivity index (χ1) is 14.1. The summed E-state index contributed by atoms with van der Waals surface area (Å²) in [5.41, 5.74) is 2.52. The molecule has 0 saturated carbocycles. The van der Waals surface area contributed by atoms with Gasteiger partial charge in [0.15, 0.2) is 0 Å². The van der Waals surface area contributed by atoms with Crippen LogP contribution in [0.15, 0.2) is 84.9 Å². The molecular weight excluding hydrogens is 368 g/mol. The highest BCUT2D eigenvalue weighted by molar-refractivity contribution is 5.91. The average Bonchev–Trinajstić information content (AvgIpc) is 2.76. The molecule has 6 heteroatoms. The van der Waals surface area contributed by atoms with E-state index < -0.39 is 4.92 Å². The van der Waals surface area contributed by atoms with Crippen molar-refractivity contribution in [2.45, 2.75) is 13.2 Å². The van der Waals surface area contributed by atoms with E-state index in [1.807, 2.05) is 54.6 Å². The highest BCUT2D eigenvalue weighted by Crippen LogP contribution is 2.15. The maximum absolute atomic E-state index is 12.1. The topological polar surface area (TPSA) is 81.5 Å². The summed E-state index contributed by atoms with van der Waals surface area (Å²) in [5.74, 6) is 0.501. The fraction of sp³-hybridized carbons (Fsp3) is 0.0870. The largest absolute Gasteiger partial charge is 0.489 e. The standard InChI is InChI=1S/C23H20N2O4/c26-23(14-13-18-7-6-10-21(15-18)25(27)28)24-16-19-8-4-5-9-20(19)17-29-22-11-2-1-3-12-22/h1-15H,16-17H2,(H,24,26)/b14-13+. The van der Waals surface area contributed by atoms with Gasteiger partial charge >= 0.3 is 0 Å². The summed E-state index contributed by atoms with van der Waals surface area (Å²) >= 11 is 0. The number of nitro groups is 1. The summed E-state index contributed by atoms with van der Waals surface area (Å²) in [7, 11) is 0. The van der Waals surface area contributed by atoms with Gasteiger partial charge in [0.2, 0.25) is 5.91 Å². The van der Waals surface area contributed by atoms with Crippen molar-refractivity contribution in [1.29, 1.82) is 0 Å². The fourth-order valence-electron chi connectivity index (χ4n) is 2.70. The monoisotopic (exact) mass is 388 g/mol. The first-order valence-electron chi connectivity index (χ1n) is 9.07. The Bertz CT molecular complexity index is 1020. The summed E-state index contributed by atoms with van der Waals surface area (Å²) in [5, 5.41) is 13.6. The van der Waals surface area contributed by atoms with Crippen LogP contribution < -0.4 is 10.1 Å². The van der Waals surface area contributed by atoms with Crippen LogP contribution in [0.5, 0.6) is 5.75 Å². The molecule has 0 saturated heterocycles. The molecule has 146 valence electrons. The molecule has 0 radical (unpaired) electrons. The molecule has 1 N–H and O–H groups in total. The van der Waals surface area contributed by atoms with Crippen LogP contribution in [0.3, 0.4) is 0 Å². The second-order valence-electron chi connectivity index (χ2n) is 6.27. The second kappa shape index (κ2) is 9.85. The van der Waals surface area contributed by atoms with Crippen LogP contribution in [0.1, 0.15) is 16.7 Å². The molecule has 0 unspecified atom stereocenters. The summed E-state index contributed by atoms with van der Waals surface area (Å²) < 4.78 is 5.79. The number of amides is 1. The molecule has 6 nitrogen and oxygen atoms in total. The lowest BCUT2D eigenvalue weighted by molar-refractivity contribution is -0.384. The van der Waals surface area contributed by atoms with Crippen molar-refractivity contribution in [3.8, 4) is 5.75 Å². The molecule has 0 aromatic heterocycles. The van der Waals surface area contributed by atoms with Gasteiger partial charge in [-0.15, -0.1) is 0 Å². The van der Waals surface area contributed by atoms with Crippen molar-refractivity contribution in [3.63, 3.8) is 0 Å². The van der Waals surface area contributed by atoms with E-state index in [2.05, 4.69) is 5.32 Å². The summed E-state index contributed by atoms with van der Waals surface area (Å²) in [6.07, 6.45) is 2.91. The van der Waals surface area contributed by atoms with Crippen molar-refractivity contribution in [2.75, 3.05) is 0 Å². The predicted molar refractivity (Wildman–Crippen MR) is 111 cm³/mol. The number of nitrogens with one attached hydrogen (secondary N) is 1. The van der Waals surface area contributed by atoms with Gasteiger partial charge in [0.05, 0.1) is 4.92 Å². The van der Waals surface area contributed by atoms with Gasteiger partial charge in [0.1, 0.15) is 12.4 Å². The number of nitro benzene ring substituents is 1. The lowest BCUT2D eigenvalue weighted by Gasteiger charge is -2.11. The number of hydrogen-bond donors (Lipinski definition) is 1. The Morgan fingerprint density at radius 2 is 1.69 bits per heavy atom. The Labute approximate surface area is 168 Å². The Balaban J connectivity index is 1.57. The maximum Gasteiger partial charge on any atom is 0.270 e. The fourth-order valence-corrected chi connectivity index (χ4v) is 2.70. The zero-order valence-corrected chi connectivity index (χ0v) is 15.7. The smallest absolute Gasteiger partial charge is 0.270 e. The van der Waals surface area contributed by atoms with Crippen LogP contribution >= 0.6 is 0 Å². The van der Waals surface area contributed by atoms with Gasteiger partial charge in [-0.25, -0.2) is 0 Å². The Morgan fingerprint density at radius 3 is 2.45 bits per heavy atom. The molecule has 0 spiro atoms. The third kappa shape index (κ3) is 6.04. The number of rotatable bonds is 8. The Hall–Kier alpha value is -3.93. The van der Waals surface area contributed by atoms with Crippen LogP contribution in [-0.2, 0) is 17.9 Å². The van der Waals surface area contributed by atoms with Crippen molar-refractivity contribution >= 4 is 17.7 Å². The molecule has 0 fully saturated rings. The number of benzene rings is 3. The van der Waals surface area contributed by atoms with E-state index >= 15 is 0 Å². The molecule has 0 heterocycles. The highest BCUT2D eigenvalue weighted by atomic mass is 16.6. The Kier molecular flexibility index (Phi) is 6.73. The number of hydrogen-bond acceptors (Lipinski definition) is 4. The number of carbonyl (C=O) groups is 1. The van der Waals surface area contributed by atoms with Gasteiger partial charge < -0.3 is 10.1 Å². The van der Waals surface area contributed by atoms with E-state index in [9.17, 15) is 14.9 Å². The molecular formula is C23H20N2O4. The molecule has 0 aliphatic carbocycles. The third-order valence-corrected chi connectivity index (χ3v) is 4.22. The first-order valence-corrected chi connectivity index (χ1v) is 9.07. The van der Waals surface area contributed by atoms with Crippen molar-refractivity contribution < 1.29 is 14.5 Å². The van der Waals surface area contributed by atoms with Crippen molar-refractivity contribution in [2.24, 2.45) is 0 Å². The van der Waals surface area contributed by atoms with Gasteiger partial charge in [-0.2, -0.15) is 0 Å². The van der Waals surface area contributed by atoms with E-state index in [0.29, 0.717) is 18.7 Å². The van der Waals surface area contributed by atoms with E-state index in [1.165, 1.54) is 18.2 Å². The lowest BCUT2D eigenvalue weighted by Crippen LogP contribution is -2.21. The van der Waals surface area contributed by atoms with E-state index in [1.54, 1.807) is 18.2 Å². The van der Waals surface area contributed by atoms with E-state index in [-0.39, 0.29) is 11.6 Å². The third-order valence-electron chi connectivity index (χ3n) is 4.22. The molecule has 1 amide bonds. The van der Waals surface area contributed by atoms with Crippen LogP contribution in [0, 0.1) is 10.1 Å². The number of non-ortho nitro benzene ring substituents is 1. The first kappa shape index (κ1) is 19.8. The van der Waals surface area contributed by atoms with Crippen LogP contribution in [0.4, 0.5) is 5.69 Å². The minimum atomic E-state index is -0.466. The van der Waals surface area contributed by atoms with Crippen molar-refractivity contribution in [3.05, 3.63) is 112 Å². The molecule has 0 aliphatic heterocycles. The van der Waals surface area contributed by atoms with Gasteiger partial charge in [-0.05, 0) is 34.9 Å². The molecule has 0 atom stereocenters. The molecule has 3 rings (SSSR count). The molecule has 3 aromatic rings. The minimum Gasteiger partial charge on any atom is -0.489 e. The minimum absolute atomic E-state index is 0.0140. The SMILES string of the molecule is O=C(/C=C/c1cccc([N+](=O)[O-])c1)NCc1ccccc1COc1ccccc1. The number of ether oxygens (including phenoxy) is 1.